The van der Waals surface area contributed by atoms with Gasteiger partial charge in [-0.3, -0.25) is 9.82 Å². The monoisotopic (exact) mass is 296 g/mol. The van der Waals surface area contributed by atoms with Gasteiger partial charge < -0.3 is 0 Å². The standard InChI is InChI=1S/C17H20N4O/c1-2-13-10-15(7-8-16(13)18-9-1)21-19-17(22-20-21)11-12-3-5-14(17)6-4-12/h1-2,7-10,12,14,19-20H,3-6,11H2. The SMILES string of the molecule is c1cnc2ccc(N3NOC4(CC5CCC4CC5)N3)cc2c1. The first kappa shape index (κ1) is 12.8. The number of fused-ring (bicyclic) bond motifs is 3. The third-order valence-electron chi connectivity index (χ3n) is 5.56. The van der Waals surface area contributed by atoms with E-state index < -0.39 is 0 Å². The Labute approximate surface area is 129 Å². The molecule has 1 saturated heterocycles. The Hall–Kier alpha value is -1.69. The second-order valence-corrected chi connectivity index (χ2v) is 6.83. The molecule has 1 aromatic carbocycles. The molecule has 6 rings (SSSR count). The van der Waals surface area contributed by atoms with E-state index in [1.165, 1.54) is 25.7 Å². The lowest BCUT2D eigenvalue weighted by Crippen LogP contribution is -2.57. The predicted molar refractivity (Wildman–Crippen MR) is 84.4 cm³/mol. The third-order valence-corrected chi connectivity index (χ3v) is 5.56. The molecule has 1 atom stereocenters. The lowest BCUT2D eigenvalue weighted by Gasteiger charge is -2.47. The number of nitrogens with zero attached hydrogens (tertiary/aromatic N) is 2. The number of nitrogens with one attached hydrogen (secondary N) is 2. The molecule has 0 amide bonds. The van der Waals surface area contributed by atoms with E-state index in [4.69, 9.17) is 4.84 Å². The van der Waals surface area contributed by atoms with Gasteiger partial charge in [-0.25, -0.2) is 5.12 Å². The third kappa shape index (κ3) is 1.86. The molecule has 2 aromatic rings. The summed E-state index contributed by atoms with van der Waals surface area (Å²) in [4.78, 5) is 10.4. The smallest absolute Gasteiger partial charge is 0.163 e. The molecule has 1 unspecified atom stereocenters. The number of aromatic nitrogens is 1. The normalized spacial score (nSPS) is 33.9. The molecule has 22 heavy (non-hydrogen) atoms. The van der Waals surface area contributed by atoms with E-state index in [1.807, 2.05) is 23.4 Å². The highest BCUT2D eigenvalue weighted by molar-refractivity contribution is 5.82. The van der Waals surface area contributed by atoms with Crippen LogP contribution in [0.15, 0.2) is 36.5 Å². The molecule has 4 aliphatic rings. The maximum absolute atomic E-state index is 6.04. The molecule has 3 saturated carbocycles. The lowest BCUT2D eigenvalue weighted by molar-refractivity contribution is -0.153. The zero-order chi connectivity index (χ0) is 14.6. The Bertz CT molecular complexity index is 713. The van der Waals surface area contributed by atoms with Gasteiger partial charge in [-0.2, -0.15) is 5.43 Å². The van der Waals surface area contributed by atoms with Crippen molar-refractivity contribution < 1.29 is 4.84 Å². The van der Waals surface area contributed by atoms with E-state index >= 15 is 0 Å². The first-order valence-electron chi connectivity index (χ1n) is 8.19. The van der Waals surface area contributed by atoms with Crippen LogP contribution < -0.4 is 16.1 Å². The molecule has 4 fully saturated rings. The van der Waals surface area contributed by atoms with Gasteiger partial charge in [0.2, 0.25) is 0 Å². The van der Waals surface area contributed by atoms with Gasteiger partial charge >= 0.3 is 0 Å². The van der Waals surface area contributed by atoms with E-state index in [0.29, 0.717) is 5.92 Å². The maximum atomic E-state index is 6.04. The minimum atomic E-state index is -0.217. The average molecular weight is 296 g/mol. The van der Waals surface area contributed by atoms with Crippen LogP contribution in [-0.2, 0) is 4.84 Å². The van der Waals surface area contributed by atoms with Crippen LogP contribution >= 0.6 is 0 Å². The second kappa shape index (κ2) is 4.65. The van der Waals surface area contributed by atoms with Crippen molar-refractivity contribution in [2.75, 3.05) is 5.12 Å². The van der Waals surface area contributed by atoms with Crippen molar-refractivity contribution in [3.05, 3.63) is 36.5 Å². The molecule has 0 radical (unpaired) electrons. The van der Waals surface area contributed by atoms with E-state index in [0.717, 1.165) is 28.9 Å². The van der Waals surface area contributed by atoms with Crippen LogP contribution in [-0.4, -0.2) is 10.7 Å². The van der Waals surface area contributed by atoms with Gasteiger partial charge in [0.25, 0.3) is 0 Å². The second-order valence-electron chi connectivity index (χ2n) is 6.83. The van der Waals surface area contributed by atoms with Crippen LogP contribution in [0, 0.1) is 11.8 Å². The topological polar surface area (TPSA) is 49.4 Å². The summed E-state index contributed by atoms with van der Waals surface area (Å²) < 4.78 is 0. The molecule has 1 aromatic heterocycles. The number of hydrogen-bond acceptors (Lipinski definition) is 5. The highest BCUT2D eigenvalue weighted by Crippen LogP contribution is 2.49. The fourth-order valence-electron chi connectivity index (χ4n) is 4.37. The Morgan fingerprint density at radius 1 is 1.18 bits per heavy atom. The molecule has 2 bridgehead atoms. The first-order chi connectivity index (χ1) is 10.8. The van der Waals surface area contributed by atoms with Crippen molar-refractivity contribution in [1.29, 1.82) is 0 Å². The molecule has 5 heteroatoms. The fourth-order valence-corrected chi connectivity index (χ4v) is 4.37. The molecule has 1 aliphatic heterocycles. The van der Waals surface area contributed by atoms with Gasteiger partial charge in [0.05, 0.1) is 11.2 Å². The summed E-state index contributed by atoms with van der Waals surface area (Å²) in [6.45, 7) is 0. The Balaban J connectivity index is 1.44. The summed E-state index contributed by atoms with van der Waals surface area (Å²) in [5.74, 6) is 1.41. The van der Waals surface area contributed by atoms with Crippen LogP contribution in [0.1, 0.15) is 32.1 Å². The molecule has 114 valence electrons. The van der Waals surface area contributed by atoms with Crippen LogP contribution in [0.3, 0.4) is 0 Å². The van der Waals surface area contributed by atoms with Crippen molar-refractivity contribution in [2.24, 2.45) is 11.8 Å². The number of benzene rings is 1. The minimum absolute atomic E-state index is 0.217. The van der Waals surface area contributed by atoms with Gasteiger partial charge in [-0.1, -0.05) is 11.7 Å². The van der Waals surface area contributed by atoms with Crippen LogP contribution in [0.5, 0.6) is 0 Å². The minimum Gasteiger partial charge on any atom is -0.257 e. The van der Waals surface area contributed by atoms with E-state index in [-0.39, 0.29) is 5.72 Å². The molecular weight excluding hydrogens is 276 g/mol. The van der Waals surface area contributed by atoms with Gasteiger partial charge in [0.1, 0.15) is 0 Å². The number of pyridine rings is 1. The zero-order valence-corrected chi connectivity index (χ0v) is 12.5. The van der Waals surface area contributed by atoms with Crippen LogP contribution in [0.4, 0.5) is 5.69 Å². The van der Waals surface area contributed by atoms with Crippen molar-refractivity contribution in [1.82, 2.24) is 16.0 Å². The van der Waals surface area contributed by atoms with Gasteiger partial charge in [-0.05, 0) is 62.3 Å². The Morgan fingerprint density at radius 2 is 2.09 bits per heavy atom. The van der Waals surface area contributed by atoms with Crippen LogP contribution in [0.25, 0.3) is 10.9 Å². The largest absolute Gasteiger partial charge is 0.257 e. The molecule has 5 nitrogen and oxygen atoms in total. The van der Waals surface area contributed by atoms with Crippen LogP contribution in [0.2, 0.25) is 0 Å². The summed E-state index contributed by atoms with van der Waals surface area (Å²) >= 11 is 0. The van der Waals surface area contributed by atoms with E-state index in [2.05, 4.69) is 34.2 Å². The number of anilines is 1. The summed E-state index contributed by atoms with van der Waals surface area (Å²) in [7, 11) is 0. The van der Waals surface area contributed by atoms with Gasteiger partial charge in [0, 0.05) is 17.5 Å². The fraction of sp³-hybridized carbons (Fsp3) is 0.471. The summed E-state index contributed by atoms with van der Waals surface area (Å²) in [5, 5.41) is 3.06. The van der Waals surface area contributed by atoms with Gasteiger partial charge in [-0.15, -0.1) is 0 Å². The predicted octanol–water partition coefficient (Wildman–Crippen LogP) is 2.90. The Kier molecular flexibility index (Phi) is 2.71. The summed E-state index contributed by atoms with van der Waals surface area (Å²) in [5.41, 5.74) is 8.53. The van der Waals surface area contributed by atoms with Crippen molar-refractivity contribution in [3.63, 3.8) is 0 Å². The summed E-state index contributed by atoms with van der Waals surface area (Å²) in [6.07, 6.45) is 8.20. The van der Waals surface area contributed by atoms with E-state index in [9.17, 15) is 0 Å². The molecule has 3 aliphatic carbocycles. The maximum Gasteiger partial charge on any atom is 0.163 e. The average Bonchev–Trinajstić information content (AvgIpc) is 2.99. The van der Waals surface area contributed by atoms with Crippen molar-refractivity contribution in [2.45, 2.75) is 37.8 Å². The first-order valence-corrected chi connectivity index (χ1v) is 8.19. The molecule has 1 spiro atoms. The number of rotatable bonds is 1. The number of hydrogen-bond donors (Lipinski definition) is 2. The molecule has 2 heterocycles. The zero-order valence-electron chi connectivity index (χ0n) is 12.5. The highest BCUT2D eigenvalue weighted by atomic mass is 16.7. The Morgan fingerprint density at radius 3 is 2.91 bits per heavy atom. The van der Waals surface area contributed by atoms with Crippen molar-refractivity contribution in [3.8, 4) is 0 Å². The molecular formula is C17H20N4O. The number of hydrazine groups is 2. The highest BCUT2D eigenvalue weighted by Gasteiger charge is 2.53. The van der Waals surface area contributed by atoms with Crippen molar-refractivity contribution >= 4 is 16.6 Å². The quantitative estimate of drug-likeness (QED) is 0.847. The van der Waals surface area contributed by atoms with Gasteiger partial charge in [0.15, 0.2) is 5.72 Å². The summed E-state index contributed by atoms with van der Waals surface area (Å²) in [6, 6.07) is 10.3. The lowest BCUT2D eigenvalue weighted by atomic mass is 9.66. The van der Waals surface area contributed by atoms with E-state index in [1.54, 1.807) is 0 Å². The molecule has 2 N–H and O–H groups in total.